The van der Waals surface area contributed by atoms with Gasteiger partial charge in [-0.05, 0) is 31.0 Å². The first-order valence-corrected chi connectivity index (χ1v) is 10.7. The molecule has 0 bridgehead atoms. The second-order valence-electron chi connectivity index (χ2n) is 8.00. The van der Waals surface area contributed by atoms with Crippen molar-refractivity contribution in [1.82, 2.24) is 29.4 Å². The van der Waals surface area contributed by atoms with Crippen LogP contribution in [0, 0.1) is 6.57 Å². The van der Waals surface area contributed by atoms with Gasteiger partial charge in [0, 0.05) is 30.9 Å². The molecule has 1 amide bonds. The molecule has 0 spiro atoms. The van der Waals surface area contributed by atoms with Crippen LogP contribution in [0.15, 0.2) is 46.2 Å². The molecule has 0 aromatic carbocycles. The third-order valence-corrected chi connectivity index (χ3v) is 6.09. The molecule has 1 fully saturated rings. The predicted octanol–water partition coefficient (Wildman–Crippen LogP) is 1.40. The molecule has 5 rings (SSSR count). The summed E-state index contributed by atoms with van der Waals surface area (Å²) in [5, 5.41) is 9.38. The number of likely N-dealkylation sites (tertiary alicyclic amines) is 1. The Morgan fingerprint density at radius 3 is 2.62 bits per heavy atom. The number of hydrogen-bond donors (Lipinski definition) is 2. The standard InChI is InChI=1S/C23H19N7O4/c1-24-18-5-2-13(10-26-18)16-3-4-17-20(27-16)21-15(11-25-17)22(33)28-23(34)30(21)14-6-8-29(9-7-14)19(32)12-31/h2-5,10-11,14,31H,6-9,12H2,(H,28,33,34). The van der Waals surface area contributed by atoms with E-state index in [0.717, 1.165) is 0 Å². The number of aromatic amines is 1. The Labute approximate surface area is 192 Å². The van der Waals surface area contributed by atoms with Gasteiger partial charge in [0.05, 0.1) is 22.1 Å². The molecule has 1 aliphatic heterocycles. The SMILES string of the molecule is [C-]#[N+]c1ccc(-c2ccc3ncc4c(=O)[nH]c(=O)n(C5CCN(C(=O)CO)CC5)c4c3n2)cn1. The summed E-state index contributed by atoms with van der Waals surface area (Å²) >= 11 is 0. The largest absolute Gasteiger partial charge is 0.387 e. The molecule has 1 aliphatic rings. The van der Waals surface area contributed by atoms with Gasteiger partial charge in [-0.1, -0.05) is 12.6 Å². The number of aliphatic hydroxyl groups excluding tert-OH is 1. The highest BCUT2D eigenvalue weighted by molar-refractivity contribution is 6.01. The number of nitrogens with one attached hydrogen (secondary N) is 1. The molecule has 0 aliphatic carbocycles. The minimum Gasteiger partial charge on any atom is -0.387 e. The van der Waals surface area contributed by atoms with Crippen LogP contribution < -0.4 is 11.2 Å². The van der Waals surface area contributed by atoms with Crippen molar-refractivity contribution in [3.63, 3.8) is 0 Å². The summed E-state index contributed by atoms with van der Waals surface area (Å²) in [6.07, 6.45) is 3.95. The number of rotatable bonds is 3. The van der Waals surface area contributed by atoms with Gasteiger partial charge in [0.2, 0.25) is 5.91 Å². The summed E-state index contributed by atoms with van der Waals surface area (Å²) in [5.74, 6) is -0.0843. The van der Waals surface area contributed by atoms with E-state index in [9.17, 15) is 14.4 Å². The average Bonchev–Trinajstić information content (AvgIpc) is 2.88. The van der Waals surface area contributed by atoms with Crippen molar-refractivity contribution in [2.45, 2.75) is 18.9 Å². The number of carbonyl (C=O) groups is 1. The maximum absolute atomic E-state index is 13.0. The summed E-state index contributed by atoms with van der Waals surface area (Å²) in [6.45, 7) is 7.28. The third-order valence-electron chi connectivity index (χ3n) is 6.09. The molecule has 170 valence electrons. The molecular formula is C23H19N7O4. The van der Waals surface area contributed by atoms with Gasteiger partial charge in [-0.2, -0.15) is 0 Å². The van der Waals surface area contributed by atoms with Crippen molar-refractivity contribution in [1.29, 1.82) is 0 Å². The maximum Gasteiger partial charge on any atom is 0.329 e. The second kappa shape index (κ2) is 8.49. The van der Waals surface area contributed by atoms with E-state index in [4.69, 9.17) is 16.7 Å². The number of amides is 1. The van der Waals surface area contributed by atoms with E-state index >= 15 is 0 Å². The van der Waals surface area contributed by atoms with Gasteiger partial charge in [-0.3, -0.25) is 24.1 Å². The lowest BCUT2D eigenvalue weighted by Gasteiger charge is -2.33. The van der Waals surface area contributed by atoms with Crippen molar-refractivity contribution in [3.05, 3.63) is 68.9 Å². The van der Waals surface area contributed by atoms with Gasteiger partial charge in [0.1, 0.15) is 18.3 Å². The Kier molecular flexibility index (Phi) is 5.35. The Bertz CT molecular complexity index is 1580. The van der Waals surface area contributed by atoms with E-state index in [1.54, 1.807) is 39.9 Å². The van der Waals surface area contributed by atoms with Crippen LogP contribution in [-0.2, 0) is 4.79 Å². The fraction of sp³-hybridized carbons (Fsp3) is 0.261. The molecular weight excluding hydrogens is 438 g/mol. The molecule has 1 saturated heterocycles. The molecule has 4 aromatic rings. The van der Waals surface area contributed by atoms with E-state index in [-0.39, 0.29) is 23.2 Å². The summed E-state index contributed by atoms with van der Waals surface area (Å²) < 4.78 is 1.54. The Morgan fingerprint density at radius 1 is 1.15 bits per heavy atom. The highest BCUT2D eigenvalue weighted by Crippen LogP contribution is 2.29. The summed E-state index contributed by atoms with van der Waals surface area (Å²) in [7, 11) is 0. The first-order chi connectivity index (χ1) is 16.5. The molecule has 2 N–H and O–H groups in total. The van der Waals surface area contributed by atoms with Crippen molar-refractivity contribution < 1.29 is 9.90 Å². The molecule has 11 nitrogen and oxygen atoms in total. The maximum atomic E-state index is 13.0. The molecule has 4 aromatic heterocycles. The average molecular weight is 457 g/mol. The smallest absolute Gasteiger partial charge is 0.329 e. The van der Waals surface area contributed by atoms with Gasteiger partial charge in [0.25, 0.3) is 11.4 Å². The van der Waals surface area contributed by atoms with Crippen LogP contribution in [-0.4, -0.2) is 60.1 Å². The fourth-order valence-corrected chi connectivity index (χ4v) is 4.38. The normalized spacial score (nSPS) is 14.4. The topological polar surface area (TPSA) is 138 Å². The van der Waals surface area contributed by atoms with Crippen LogP contribution in [0.1, 0.15) is 18.9 Å². The number of fused-ring (bicyclic) bond motifs is 3. The molecule has 5 heterocycles. The zero-order valence-corrected chi connectivity index (χ0v) is 17.9. The molecule has 11 heteroatoms. The quantitative estimate of drug-likeness (QED) is 0.350. The van der Waals surface area contributed by atoms with E-state index in [2.05, 4.69) is 19.8 Å². The highest BCUT2D eigenvalue weighted by atomic mass is 16.3. The van der Waals surface area contributed by atoms with Crippen molar-refractivity contribution >= 4 is 33.7 Å². The predicted molar refractivity (Wildman–Crippen MR) is 123 cm³/mol. The van der Waals surface area contributed by atoms with Crippen LogP contribution in [0.2, 0.25) is 0 Å². The number of piperidine rings is 1. The lowest BCUT2D eigenvalue weighted by atomic mass is 10.0. The van der Waals surface area contributed by atoms with Crippen molar-refractivity contribution in [3.8, 4) is 11.3 Å². The molecule has 34 heavy (non-hydrogen) atoms. The van der Waals surface area contributed by atoms with Crippen LogP contribution in [0.4, 0.5) is 5.82 Å². The monoisotopic (exact) mass is 457 g/mol. The van der Waals surface area contributed by atoms with Gasteiger partial charge in [-0.25, -0.2) is 9.78 Å². The van der Waals surface area contributed by atoms with Crippen molar-refractivity contribution in [2.24, 2.45) is 0 Å². The van der Waals surface area contributed by atoms with Gasteiger partial charge >= 0.3 is 5.69 Å². The minimum atomic E-state index is -0.555. The van der Waals surface area contributed by atoms with E-state index in [1.165, 1.54) is 6.20 Å². The van der Waals surface area contributed by atoms with Gasteiger partial charge in [0.15, 0.2) is 0 Å². The molecule has 0 radical (unpaired) electrons. The van der Waals surface area contributed by atoms with Crippen LogP contribution in [0.3, 0.4) is 0 Å². The lowest BCUT2D eigenvalue weighted by Crippen LogP contribution is -2.43. The lowest BCUT2D eigenvalue weighted by molar-refractivity contribution is -0.135. The van der Waals surface area contributed by atoms with Gasteiger partial charge in [-0.15, -0.1) is 4.98 Å². The Balaban J connectivity index is 1.68. The first-order valence-electron chi connectivity index (χ1n) is 10.7. The van der Waals surface area contributed by atoms with Crippen LogP contribution in [0.25, 0.3) is 38.0 Å². The second-order valence-corrected chi connectivity index (χ2v) is 8.00. The van der Waals surface area contributed by atoms with Crippen molar-refractivity contribution in [2.75, 3.05) is 19.7 Å². The highest BCUT2D eigenvalue weighted by Gasteiger charge is 2.26. The zero-order chi connectivity index (χ0) is 23.8. The first kappa shape index (κ1) is 21.4. The Hall–Kier alpha value is -4.43. The molecule has 0 unspecified atom stereocenters. The Morgan fingerprint density at radius 2 is 1.94 bits per heavy atom. The number of aromatic nitrogens is 5. The summed E-state index contributed by atoms with van der Waals surface area (Å²) in [5.41, 5.74) is 1.46. The number of nitrogens with zero attached hydrogens (tertiary/aromatic N) is 6. The fourth-order valence-electron chi connectivity index (χ4n) is 4.38. The van der Waals surface area contributed by atoms with E-state index in [0.29, 0.717) is 53.7 Å². The summed E-state index contributed by atoms with van der Waals surface area (Å²) in [6, 6.07) is 6.59. The van der Waals surface area contributed by atoms with Crippen LogP contribution in [0.5, 0.6) is 0 Å². The number of pyridine rings is 3. The minimum absolute atomic E-state index is 0.243. The molecule has 0 saturated carbocycles. The number of aliphatic hydroxyl groups is 1. The van der Waals surface area contributed by atoms with Crippen LogP contribution >= 0.6 is 0 Å². The number of hydrogen-bond acceptors (Lipinski definition) is 7. The third kappa shape index (κ3) is 3.60. The van der Waals surface area contributed by atoms with E-state index in [1.807, 2.05) is 0 Å². The number of carbonyl (C=O) groups excluding carboxylic acids is 1. The van der Waals surface area contributed by atoms with E-state index < -0.39 is 17.9 Å². The zero-order valence-electron chi connectivity index (χ0n) is 17.9. The summed E-state index contributed by atoms with van der Waals surface area (Å²) in [4.78, 5) is 57.9. The van der Waals surface area contributed by atoms with Gasteiger partial charge < -0.3 is 14.9 Å². The number of H-pyrrole nitrogens is 1. The molecule has 0 atom stereocenters.